The van der Waals surface area contributed by atoms with E-state index in [0.717, 1.165) is 12.8 Å². The minimum Gasteiger partial charge on any atom is -0.495 e. The van der Waals surface area contributed by atoms with Gasteiger partial charge in [-0.2, -0.15) is 0 Å². The van der Waals surface area contributed by atoms with Crippen LogP contribution in [0.5, 0.6) is 5.75 Å². The number of aliphatic hydroxyl groups is 1. The summed E-state index contributed by atoms with van der Waals surface area (Å²) >= 11 is 5.94. The minimum absolute atomic E-state index is 0.227. The Balaban J connectivity index is 2.24. The molecule has 0 aliphatic heterocycles. The molecule has 0 amide bonds. The van der Waals surface area contributed by atoms with Crippen LogP contribution in [0.2, 0.25) is 5.02 Å². The van der Waals surface area contributed by atoms with Crippen molar-refractivity contribution < 1.29 is 14.6 Å². The highest BCUT2D eigenvalue weighted by molar-refractivity contribution is 6.32. The van der Waals surface area contributed by atoms with Gasteiger partial charge in [0, 0.05) is 5.56 Å². The van der Waals surface area contributed by atoms with Gasteiger partial charge >= 0.3 is 0 Å². The molecule has 4 heteroatoms. The van der Waals surface area contributed by atoms with E-state index in [4.69, 9.17) is 16.3 Å². The highest BCUT2D eigenvalue weighted by Gasteiger charge is 2.39. The Bertz CT molecular complexity index is 476. The van der Waals surface area contributed by atoms with Gasteiger partial charge in [-0.1, -0.05) is 18.5 Å². The fraction of sp³-hybridized carbons (Fsp3) is 0.533. The molecule has 1 saturated carbocycles. The number of carbonyl (C=O) groups is 1. The number of hydrogen-bond acceptors (Lipinski definition) is 3. The van der Waals surface area contributed by atoms with E-state index in [-0.39, 0.29) is 5.78 Å². The largest absolute Gasteiger partial charge is 0.495 e. The van der Waals surface area contributed by atoms with Gasteiger partial charge in [0.2, 0.25) is 0 Å². The third-order valence-corrected chi connectivity index (χ3v) is 4.25. The molecule has 1 fully saturated rings. The van der Waals surface area contributed by atoms with Crippen LogP contribution in [0.1, 0.15) is 43.0 Å². The van der Waals surface area contributed by atoms with E-state index in [9.17, 15) is 9.90 Å². The van der Waals surface area contributed by atoms with Gasteiger partial charge in [-0.15, -0.1) is 0 Å². The Morgan fingerprint density at radius 1 is 1.42 bits per heavy atom. The fourth-order valence-electron chi connectivity index (χ4n) is 2.54. The van der Waals surface area contributed by atoms with Gasteiger partial charge in [0.15, 0.2) is 5.78 Å². The average Bonchev–Trinajstić information content (AvgIpc) is 2.42. The molecule has 1 aromatic rings. The average molecular weight is 283 g/mol. The predicted octanol–water partition coefficient (Wildman–Crippen LogP) is 3.47. The van der Waals surface area contributed by atoms with Crippen LogP contribution in [-0.2, 0) is 0 Å². The molecule has 1 N–H and O–H groups in total. The molecule has 104 valence electrons. The van der Waals surface area contributed by atoms with E-state index in [0.29, 0.717) is 35.1 Å². The zero-order chi connectivity index (χ0) is 14.0. The maximum Gasteiger partial charge on any atom is 0.194 e. The minimum atomic E-state index is -1.23. The van der Waals surface area contributed by atoms with Crippen LogP contribution in [0.3, 0.4) is 0 Å². The van der Waals surface area contributed by atoms with Gasteiger partial charge in [-0.3, -0.25) is 4.79 Å². The lowest BCUT2D eigenvalue weighted by Crippen LogP contribution is -2.41. The number of ether oxygens (including phenoxy) is 1. The third-order valence-electron chi connectivity index (χ3n) is 3.94. The Morgan fingerprint density at radius 3 is 2.63 bits per heavy atom. The molecule has 1 aliphatic carbocycles. The summed E-state index contributed by atoms with van der Waals surface area (Å²) in [6.07, 6.45) is 2.82. The number of rotatable bonds is 3. The van der Waals surface area contributed by atoms with Gasteiger partial charge < -0.3 is 9.84 Å². The quantitative estimate of drug-likeness (QED) is 0.864. The summed E-state index contributed by atoms with van der Waals surface area (Å²) < 4.78 is 5.11. The van der Waals surface area contributed by atoms with Crippen LogP contribution < -0.4 is 4.74 Å². The summed E-state index contributed by atoms with van der Waals surface area (Å²) in [5, 5.41) is 11.0. The molecule has 0 bridgehead atoms. The zero-order valence-electron chi connectivity index (χ0n) is 11.3. The van der Waals surface area contributed by atoms with Crippen molar-refractivity contribution in [1.82, 2.24) is 0 Å². The van der Waals surface area contributed by atoms with Gasteiger partial charge in [0.25, 0.3) is 0 Å². The summed E-state index contributed by atoms with van der Waals surface area (Å²) in [4.78, 5) is 12.5. The zero-order valence-corrected chi connectivity index (χ0v) is 12.0. The van der Waals surface area contributed by atoms with Crippen LogP contribution in [0.15, 0.2) is 18.2 Å². The first-order chi connectivity index (χ1) is 8.96. The number of benzene rings is 1. The van der Waals surface area contributed by atoms with Gasteiger partial charge in [-0.25, -0.2) is 0 Å². The van der Waals surface area contributed by atoms with E-state index >= 15 is 0 Å². The number of Topliss-reactive ketones (excluding diaryl/α,β-unsaturated/α-hetero) is 1. The van der Waals surface area contributed by atoms with E-state index in [1.54, 1.807) is 18.2 Å². The number of ketones is 1. The molecular weight excluding hydrogens is 264 g/mol. The lowest BCUT2D eigenvalue weighted by molar-refractivity contribution is 0.00425. The molecule has 0 unspecified atom stereocenters. The molecule has 1 aromatic carbocycles. The van der Waals surface area contributed by atoms with Crippen molar-refractivity contribution in [2.75, 3.05) is 7.11 Å². The summed E-state index contributed by atoms with van der Waals surface area (Å²) in [5.41, 5.74) is -0.774. The molecule has 0 heterocycles. The topological polar surface area (TPSA) is 46.5 Å². The molecule has 0 spiro atoms. The molecule has 0 radical (unpaired) electrons. The Hall–Kier alpha value is -1.06. The highest BCUT2D eigenvalue weighted by atomic mass is 35.5. The first-order valence-corrected chi connectivity index (χ1v) is 6.95. The summed E-state index contributed by atoms with van der Waals surface area (Å²) in [6.45, 7) is 2.15. The Morgan fingerprint density at radius 2 is 2.05 bits per heavy atom. The van der Waals surface area contributed by atoms with E-state index in [2.05, 4.69) is 6.92 Å². The van der Waals surface area contributed by atoms with Gasteiger partial charge in [0.1, 0.15) is 11.4 Å². The molecule has 0 atom stereocenters. The van der Waals surface area contributed by atoms with E-state index < -0.39 is 5.60 Å². The van der Waals surface area contributed by atoms with E-state index in [1.807, 2.05) is 0 Å². The second-order valence-electron chi connectivity index (χ2n) is 5.39. The first-order valence-electron chi connectivity index (χ1n) is 6.57. The maximum absolute atomic E-state index is 12.5. The monoisotopic (exact) mass is 282 g/mol. The standard InChI is InChI=1S/C15H19ClO3/c1-10-5-7-15(18,8-6-10)14(17)11-3-4-12(16)13(9-11)19-2/h3-4,9-10,18H,5-8H2,1-2H3. The second kappa shape index (κ2) is 5.51. The summed E-state index contributed by atoms with van der Waals surface area (Å²) in [6, 6.07) is 4.87. The molecule has 19 heavy (non-hydrogen) atoms. The number of methoxy groups -OCH3 is 1. The molecule has 3 nitrogen and oxygen atoms in total. The molecule has 0 aromatic heterocycles. The van der Waals surface area contributed by atoms with Crippen LogP contribution in [0.25, 0.3) is 0 Å². The van der Waals surface area contributed by atoms with Gasteiger partial charge in [0.05, 0.1) is 12.1 Å². The van der Waals surface area contributed by atoms with Crippen molar-refractivity contribution in [3.05, 3.63) is 28.8 Å². The Labute approximate surface area is 118 Å². The van der Waals surface area contributed by atoms with Crippen molar-refractivity contribution in [2.24, 2.45) is 5.92 Å². The molecule has 0 saturated heterocycles. The number of hydrogen-bond donors (Lipinski definition) is 1. The number of halogens is 1. The highest BCUT2D eigenvalue weighted by Crippen LogP contribution is 2.35. The lowest BCUT2D eigenvalue weighted by atomic mass is 9.76. The van der Waals surface area contributed by atoms with Crippen molar-refractivity contribution in [3.8, 4) is 5.75 Å². The molecule has 1 aliphatic rings. The van der Waals surface area contributed by atoms with Crippen LogP contribution in [-0.4, -0.2) is 23.6 Å². The third kappa shape index (κ3) is 2.93. The van der Waals surface area contributed by atoms with Gasteiger partial charge in [-0.05, 0) is 49.8 Å². The van der Waals surface area contributed by atoms with Crippen molar-refractivity contribution in [3.63, 3.8) is 0 Å². The van der Waals surface area contributed by atoms with Crippen molar-refractivity contribution in [1.29, 1.82) is 0 Å². The Kier molecular flexibility index (Phi) is 4.16. The van der Waals surface area contributed by atoms with Crippen LogP contribution >= 0.6 is 11.6 Å². The molecular formula is C15H19ClO3. The van der Waals surface area contributed by atoms with Crippen LogP contribution in [0.4, 0.5) is 0 Å². The lowest BCUT2D eigenvalue weighted by Gasteiger charge is -2.33. The fourth-order valence-corrected chi connectivity index (χ4v) is 2.73. The maximum atomic E-state index is 12.5. The van der Waals surface area contributed by atoms with Crippen LogP contribution in [0, 0.1) is 5.92 Å². The summed E-state index contributed by atoms with van der Waals surface area (Å²) in [5.74, 6) is 0.808. The molecule has 2 rings (SSSR count). The predicted molar refractivity (Wildman–Crippen MR) is 74.9 cm³/mol. The summed E-state index contributed by atoms with van der Waals surface area (Å²) in [7, 11) is 1.51. The number of carbonyl (C=O) groups excluding carboxylic acids is 1. The van der Waals surface area contributed by atoms with Crippen molar-refractivity contribution in [2.45, 2.75) is 38.2 Å². The van der Waals surface area contributed by atoms with E-state index in [1.165, 1.54) is 7.11 Å². The second-order valence-corrected chi connectivity index (χ2v) is 5.80. The first kappa shape index (κ1) is 14.4. The SMILES string of the molecule is COc1cc(C(=O)C2(O)CCC(C)CC2)ccc1Cl. The normalized spacial score (nSPS) is 27.1. The van der Waals surface area contributed by atoms with Crippen molar-refractivity contribution >= 4 is 17.4 Å². The smallest absolute Gasteiger partial charge is 0.194 e.